The summed E-state index contributed by atoms with van der Waals surface area (Å²) in [5.74, 6) is 0.144. The fraction of sp³-hybridized carbons (Fsp3) is 0.385. The van der Waals surface area contributed by atoms with Gasteiger partial charge in [0.05, 0.1) is 12.7 Å². The topological polar surface area (TPSA) is 93.5 Å². The number of rotatable bonds is 6. The SMILES string of the molecule is CCNC(=O)CCNC(=O)c1cc(OC)ccc1N. The highest BCUT2D eigenvalue weighted by Gasteiger charge is 2.11. The molecule has 0 spiro atoms. The van der Waals surface area contributed by atoms with E-state index in [1.807, 2.05) is 6.92 Å². The molecule has 1 aromatic rings. The van der Waals surface area contributed by atoms with Gasteiger partial charge in [-0.1, -0.05) is 0 Å². The van der Waals surface area contributed by atoms with Gasteiger partial charge in [-0.3, -0.25) is 9.59 Å². The lowest BCUT2D eigenvalue weighted by atomic mass is 10.1. The number of amides is 2. The van der Waals surface area contributed by atoms with Crippen LogP contribution in [0.1, 0.15) is 23.7 Å². The van der Waals surface area contributed by atoms with Crippen LogP contribution in [0.3, 0.4) is 0 Å². The van der Waals surface area contributed by atoms with Crippen LogP contribution in [0.5, 0.6) is 5.75 Å². The molecule has 0 fully saturated rings. The first-order valence-corrected chi connectivity index (χ1v) is 6.07. The Labute approximate surface area is 112 Å². The fourth-order valence-electron chi connectivity index (χ4n) is 1.53. The molecule has 0 bridgehead atoms. The maximum Gasteiger partial charge on any atom is 0.253 e. The van der Waals surface area contributed by atoms with Crippen LogP contribution in [0.25, 0.3) is 0 Å². The van der Waals surface area contributed by atoms with Crippen LogP contribution in [0, 0.1) is 0 Å². The van der Waals surface area contributed by atoms with Crippen molar-refractivity contribution in [2.45, 2.75) is 13.3 Å². The predicted octanol–water partition coefficient (Wildman–Crippen LogP) is 0.533. The van der Waals surface area contributed by atoms with Crippen molar-refractivity contribution in [1.82, 2.24) is 10.6 Å². The van der Waals surface area contributed by atoms with Crippen molar-refractivity contribution >= 4 is 17.5 Å². The molecule has 0 atom stereocenters. The van der Waals surface area contributed by atoms with E-state index in [0.29, 0.717) is 23.5 Å². The van der Waals surface area contributed by atoms with Crippen molar-refractivity contribution in [3.05, 3.63) is 23.8 Å². The number of carbonyl (C=O) groups excluding carboxylic acids is 2. The van der Waals surface area contributed by atoms with Crippen molar-refractivity contribution < 1.29 is 14.3 Å². The lowest BCUT2D eigenvalue weighted by Crippen LogP contribution is -2.30. The molecular formula is C13H19N3O3. The molecule has 6 nitrogen and oxygen atoms in total. The van der Waals surface area contributed by atoms with Gasteiger partial charge in [0.25, 0.3) is 5.91 Å². The van der Waals surface area contributed by atoms with Crippen molar-refractivity contribution in [2.75, 3.05) is 25.9 Å². The first kappa shape index (κ1) is 14.8. The van der Waals surface area contributed by atoms with Gasteiger partial charge >= 0.3 is 0 Å². The summed E-state index contributed by atoms with van der Waals surface area (Å²) in [6, 6.07) is 4.86. The van der Waals surface area contributed by atoms with Crippen molar-refractivity contribution in [2.24, 2.45) is 0 Å². The third kappa shape index (κ3) is 4.50. The molecule has 0 aliphatic heterocycles. The van der Waals surface area contributed by atoms with Gasteiger partial charge in [0.1, 0.15) is 5.75 Å². The average Bonchev–Trinajstić information content (AvgIpc) is 2.39. The molecule has 1 aromatic carbocycles. The summed E-state index contributed by atoms with van der Waals surface area (Å²) in [7, 11) is 1.52. The Morgan fingerprint density at radius 1 is 1.32 bits per heavy atom. The predicted molar refractivity (Wildman–Crippen MR) is 73.0 cm³/mol. The van der Waals surface area contributed by atoms with E-state index in [2.05, 4.69) is 10.6 Å². The molecular weight excluding hydrogens is 246 g/mol. The lowest BCUT2D eigenvalue weighted by molar-refractivity contribution is -0.120. The minimum absolute atomic E-state index is 0.0959. The number of carbonyl (C=O) groups is 2. The summed E-state index contributed by atoms with van der Waals surface area (Å²) >= 11 is 0. The molecule has 0 heterocycles. The summed E-state index contributed by atoms with van der Waals surface area (Å²) in [4.78, 5) is 23.1. The van der Waals surface area contributed by atoms with Crippen molar-refractivity contribution in [1.29, 1.82) is 0 Å². The van der Waals surface area contributed by atoms with Gasteiger partial charge in [0.15, 0.2) is 0 Å². The average molecular weight is 265 g/mol. The molecule has 0 radical (unpaired) electrons. The second-order valence-electron chi connectivity index (χ2n) is 3.91. The molecule has 0 saturated heterocycles. The third-order valence-corrected chi connectivity index (χ3v) is 2.52. The van der Waals surface area contributed by atoms with Crippen LogP contribution in [0.15, 0.2) is 18.2 Å². The first-order valence-electron chi connectivity index (χ1n) is 6.07. The van der Waals surface area contributed by atoms with E-state index >= 15 is 0 Å². The van der Waals surface area contributed by atoms with Gasteiger partial charge in [-0.05, 0) is 25.1 Å². The standard InChI is InChI=1S/C13H19N3O3/c1-3-15-12(17)6-7-16-13(18)10-8-9(19-2)4-5-11(10)14/h4-5,8H,3,6-7,14H2,1-2H3,(H,15,17)(H,16,18). The molecule has 0 aliphatic rings. The van der Waals surface area contributed by atoms with E-state index in [9.17, 15) is 9.59 Å². The number of benzene rings is 1. The van der Waals surface area contributed by atoms with E-state index in [0.717, 1.165) is 0 Å². The second-order valence-corrected chi connectivity index (χ2v) is 3.91. The van der Waals surface area contributed by atoms with E-state index in [1.165, 1.54) is 7.11 Å². The number of hydrogen-bond acceptors (Lipinski definition) is 4. The number of anilines is 1. The summed E-state index contributed by atoms with van der Waals surface area (Å²) in [6.07, 6.45) is 0.240. The zero-order chi connectivity index (χ0) is 14.3. The minimum Gasteiger partial charge on any atom is -0.497 e. The molecule has 6 heteroatoms. The molecule has 1 rings (SSSR count). The Morgan fingerprint density at radius 3 is 2.68 bits per heavy atom. The van der Waals surface area contributed by atoms with E-state index in [4.69, 9.17) is 10.5 Å². The minimum atomic E-state index is -0.319. The molecule has 0 aliphatic carbocycles. The Kier molecular flexibility index (Phi) is 5.66. The van der Waals surface area contributed by atoms with E-state index in [1.54, 1.807) is 18.2 Å². The van der Waals surface area contributed by atoms with Crippen molar-refractivity contribution in [3.8, 4) is 5.75 Å². The van der Waals surface area contributed by atoms with E-state index < -0.39 is 0 Å². The zero-order valence-corrected chi connectivity index (χ0v) is 11.2. The summed E-state index contributed by atoms with van der Waals surface area (Å²) in [5, 5.41) is 5.30. The molecule has 0 saturated carbocycles. The van der Waals surface area contributed by atoms with E-state index in [-0.39, 0.29) is 24.8 Å². The maximum absolute atomic E-state index is 11.9. The number of nitrogens with two attached hydrogens (primary N) is 1. The van der Waals surface area contributed by atoms with Crippen LogP contribution in [-0.4, -0.2) is 32.0 Å². The van der Waals surface area contributed by atoms with Crippen LogP contribution in [-0.2, 0) is 4.79 Å². The van der Waals surface area contributed by atoms with Crippen LogP contribution >= 0.6 is 0 Å². The van der Waals surface area contributed by atoms with Gasteiger partial charge in [-0.2, -0.15) is 0 Å². The smallest absolute Gasteiger partial charge is 0.253 e. The largest absolute Gasteiger partial charge is 0.497 e. The number of methoxy groups -OCH3 is 1. The number of nitrogens with one attached hydrogen (secondary N) is 2. The van der Waals surface area contributed by atoms with Gasteiger partial charge in [0, 0.05) is 25.2 Å². The quantitative estimate of drug-likeness (QED) is 0.654. The monoisotopic (exact) mass is 265 g/mol. The van der Waals surface area contributed by atoms with Crippen LogP contribution in [0.4, 0.5) is 5.69 Å². The summed E-state index contributed by atoms with van der Waals surface area (Å²) in [6.45, 7) is 2.68. The molecule has 0 aromatic heterocycles. The highest BCUT2D eigenvalue weighted by Crippen LogP contribution is 2.19. The maximum atomic E-state index is 11.9. The highest BCUT2D eigenvalue weighted by molar-refractivity contribution is 5.99. The number of nitrogen functional groups attached to an aromatic ring is 1. The molecule has 19 heavy (non-hydrogen) atoms. The second kappa shape index (κ2) is 7.25. The first-order chi connectivity index (χ1) is 9.08. The Balaban J connectivity index is 2.56. The number of ether oxygens (including phenoxy) is 1. The van der Waals surface area contributed by atoms with Crippen LogP contribution < -0.4 is 21.1 Å². The Hall–Kier alpha value is -2.24. The van der Waals surface area contributed by atoms with Crippen LogP contribution in [0.2, 0.25) is 0 Å². The summed E-state index contributed by atoms with van der Waals surface area (Å²) < 4.78 is 5.03. The lowest BCUT2D eigenvalue weighted by Gasteiger charge is -2.09. The Bertz CT molecular complexity index is 460. The van der Waals surface area contributed by atoms with Gasteiger partial charge < -0.3 is 21.1 Å². The fourth-order valence-corrected chi connectivity index (χ4v) is 1.53. The molecule has 4 N–H and O–H groups in total. The highest BCUT2D eigenvalue weighted by atomic mass is 16.5. The third-order valence-electron chi connectivity index (χ3n) is 2.52. The summed E-state index contributed by atoms with van der Waals surface area (Å²) in [5.41, 5.74) is 6.44. The molecule has 0 unspecified atom stereocenters. The Morgan fingerprint density at radius 2 is 2.05 bits per heavy atom. The van der Waals surface area contributed by atoms with Gasteiger partial charge in [-0.15, -0.1) is 0 Å². The van der Waals surface area contributed by atoms with Crippen molar-refractivity contribution in [3.63, 3.8) is 0 Å². The zero-order valence-electron chi connectivity index (χ0n) is 11.2. The molecule has 2 amide bonds. The molecule has 104 valence electrons. The van der Waals surface area contributed by atoms with Gasteiger partial charge in [0.2, 0.25) is 5.91 Å². The normalized spacial score (nSPS) is 9.79. The van der Waals surface area contributed by atoms with Gasteiger partial charge in [-0.25, -0.2) is 0 Å². The number of hydrogen-bond donors (Lipinski definition) is 3.